The van der Waals surface area contributed by atoms with Crippen LogP contribution in [0.1, 0.15) is 78.1 Å². The van der Waals surface area contributed by atoms with Crippen molar-refractivity contribution in [2.24, 2.45) is 0 Å². The Balaban J connectivity index is 3.88. The van der Waals surface area contributed by atoms with Crippen LogP contribution in [0.25, 0.3) is 0 Å². The molecule has 2 atom stereocenters. The number of carbonyl (C=O) groups is 1. The first kappa shape index (κ1) is 19.1. The quantitative estimate of drug-likeness (QED) is 0.399. The molecule has 114 valence electrons. The highest BCUT2D eigenvalue weighted by Gasteiger charge is 2.36. The molecular weight excluding hydrogens is 283 g/mol. The van der Waals surface area contributed by atoms with Crippen molar-refractivity contribution >= 4 is 29.2 Å². The van der Waals surface area contributed by atoms with Gasteiger partial charge in [0, 0.05) is 0 Å². The molecule has 0 heterocycles. The van der Waals surface area contributed by atoms with Crippen LogP contribution in [0, 0.1) is 0 Å². The van der Waals surface area contributed by atoms with Crippen molar-refractivity contribution < 1.29 is 9.90 Å². The van der Waals surface area contributed by atoms with Crippen molar-refractivity contribution in [1.29, 1.82) is 0 Å². The molecule has 0 aromatic carbocycles. The van der Waals surface area contributed by atoms with Gasteiger partial charge in [0.25, 0.3) is 0 Å². The number of hydrogen-bond donors (Lipinski definition) is 0. The van der Waals surface area contributed by atoms with Gasteiger partial charge in [0.2, 0.25) is 0 Å². The Morgan fingerprint density at radius 3 is 2.05 bits per heavy atom. The van der Waals surface area contributed by atoms with Gasteiger partial charge in [-0.25, -0.2) is 0 Å². The average molecular weight is 310 g/mol. The van der Waals surface area contributed by atoms with E-state index in [1.54, 1.807) is 0 Å². The van der Waals surface area contributed by atoms with Crippen LogP contribution in [0.3, 0.4) is 0 Å². The normalized spacial score (nSPS) is 16.0. The van der Waals surface area contributed by atoms with Gasteiger partial charge in [0.05, 0.1) is 11.3 Å². The maximum atomic E-state index is 11.1. The molecule has 0 radical (unpaired) electrons. The molecule has 0 saturated heterocycles. The molecule has 0 aromatic heterocycles. The van der Waals surface area contributed by atoms with E-state index in [0.29, 0.717) is 19.3 Å². The van der Waals surface area contributed by atoms with Crippen LogP contribution < -0.4 is 5.11 Å². The summed E-state index contributed by atoms with van der Waals surface area (Å²) in [5, 5.41) is 10.6. The number of carboxylic acid groups (broad SMARTS) is 1. The van der Waals surface area contributed by atoms with Crippen LogP contribution in [0.5, 0.6) is 0 Å². The minimum atomic E-state index is -1.40. The van der Waals surface area contributed by atoms with Gasteiger partial charge in [-0.3, -0.25) is 0 Å². The van der Waals surface area contributed by atoms with E-state index in [0.717, 1.165) is 12.8 Å². The van der Waals surface area contributed by atoms with Gasteiger partial charge in [0.15, 0.2) is 0 Å². The minimum absolute atomic E-state index is 0.363. The first-order chi connectivity index (χ1) is 8.99. The topological polar surface area (TPSA) is 40.1 Å². The number of aliphatic carboxylic acids is 1. The number of halogens is 2. The minimum Gasteiger partial charge on any atom is -0.548 e. The van der Waals surface area contributed by atoms with E-state index in [4.69, 9.17) is 23.2 Å². The van der Waals surface area contributed by atoms with Crippen molar-refractivity contribution in [3.05, 3.63) is 0 Å². The van der Waals surface area contributed by atoms with Gasteiger partial charge in [-0.05, 0) is 12.8 Å². The Morgan fingerprint density at radius 1 is 1.05 bits per heavy atom. The second-order valence-corrected chi connectivity index (χ2v) is 6.48. The summed E-state index contributed by atoms with van der Waals surface area (Å²) in [5.41, 5.74) is 0. The van der Waals surface area contributed by atoms with Crippen molar-refractivity contribution in [2.45, 2.75) is 88.3 Å². The van der Waals surface area contributed by atoms with Crippen molar-refractivity contribution in [1.82, 2.24) is 0 Å². The fourth-order valence-corrected chi connectivity index (χ4v) is 2.91. The lowest BCUT2D eigenvalue weighted by atomic mass is 9.94. The third-order valence-electron chi connectivity index (χ3n) is 3.51. The molecule has 0 bridgehead atoms. The van der Waals surface area contributed by atoms with Crippen LogP contribution in [0.2, 0.25) is 0 Å². The summed E-state index contributed by atoms with van der Waals surface area (Å²) in [6, 6.07) is 0. The molecule has 0 aliphatic carbocycles. The summed E-state index contributed by atoms with van der Waals surface area (Å²) in [6.45, 7) is 4.10. The smallest absolute Gasteiger partial charge is 0.100 e. The molecule has 0 N–H and O–H groups in total. The molecule has 4 heteroatoms. The average Bonchev–Trinajstić information content (AvgIpc) is 2.37. The zero-order chi connectivity index (χ0) is 14.7. The maximum Gasteiger partial charge on any atom is 0.100 e. The number of alkyl halides is 2. The van der Waals surface area contributed by atoms with E-state index >= 15 is 0 Å². The van der Waals surface area contributed by atoms with Crippen LogP contribution in [-0.4, -0.2) is 16.2 Å². The molecule has 0 amide bonds. The first-order valence-electron chi connectivity index (χ1n) is 7.53. The highest BCUT2D eigenvalue weighted by molar-refractivity contribution is 6.39. The molecule has 0 rings (SSSR count). The number of carboxylic acids is 1. The Labute approximate surface area is 127 Å². The highest BCUT2D eigenvalue weighted by Crippen LogP contribution is 2.32. The number of carbonyl (C=O) groups excluding carboxylic acids is 1. The lowest BCUT2D eigenvalue weighted by Crippen LogP contribution is -2.50. The van der Waals surface area contributed by atoms with Crippen molar-refractivity contribution in [3.8, 4) is 0 Å². The monoisotopic (exact) mass is 309 g/mol. The van der Waals surface area contributed by atoms with Gasteiger partial charge in [0.1, 0.15) is 4.87 Å². The Bertz CT molecular complexity index is 246. The van der Waals surface area contributed by atoms with E-state index in [2.05, 4.69) is 6.92 Å². The van der Waals surface area contributed by atoms with Gasteiger partial charge in [-0.15, -0.1) is 23.2 Å². The largest absolute Gasteiger partial charge is 0.548 e. The molecule has 0 fully saturated rings. The van der Waals surface area contributed by atoms with E-state index in [9.17, 15) is 9.90 Å². The van der Waals surface area contributed by atoms with Gasteiger partial charge in [-0.1, -0.05) is 65.2 Å². The molecule has 0 aromatic rings. The van der Waals surface area contributed by atoms with Crippen LogP contribution >= 0.6 is 23.2 Å². The second kappa shape index (κ2) is 10.8. The summed E-state index contributed by atoms with van der Waals surface area (Å²) in [6.07, 6.45) is 10.0. The summed E-state index contributed by atoms with van der Waals surface area (Å²) < 4.78 is 0. The van der Waals surface area contributed by atoms with E-state index in [-0.39, 0.29) is 0 Å². The molecule has 2 unspecified atom stereocenters. The number of unbranched alkanes of at least 4 members (excludes halogenated alkanes) is 6. The SMILES string of the molecule is CCCCCCCCCC(Cl)C(Cl)(CCC)C(=O)[O-]. The fourth-order valence-electron chi connectivity index (χ4n) is 2.26. The Morgan fingerprint density at radius 2 is 1.58 bits per heavy atom. The van der Waals surface area contributed by atoms with Crippen molar-refractivity contribution in [3.63, 3.8) is 0 Å². The van der Waals surface area contributed by atoms with Crippen LogP contribution in [-0.2, 0) is 4.79 Å². The van der Waals surface area contributed by atoms with Crippen LogP contribution in [0.15, 0.2) is 0 Å². The van der Waals surface area contributed by atoms with Crippen LogP contribution in [0.4, 0.5) is 0 Å². The number of hydrogen-bond acceptors (Lipinski definition) is 2. The Hall–Kier alpha value is 0.0500. The molecule has 0 saturated carbocycles. The zero-order valence-corrected chi connectivity index (χ0v) is 13.7. The molecular formula is C15H27Cl2O2-. The molecule has 0 aliphatic rings. The zero-order valence-electron chi connectivity index (χ0n) is 12.2. The van der Waals surface area contributed by atoms with E-state index in [1.807, 2.05) is 6.92 Å². The third kappa shape index (κ3) is 7.41. The van der Waals surface area contributed by atoms with E-state index in [1.165, 1.54) is 32.1 Å². The fraction of sp³-hybridized carbons (Fsp3) is 0.933. The van der Waals surface area contributed by atoms with Gasteiger partial charge < -0.3 is 9.90 Å². The lowest BCUT2D eigenvalue weighted by Gasteiger charge is -2.32. The summed E-state index contributed by atoms with van der Waals surface area (Å²) in [7, 11) is 0. The maximum absolute atomic E-state index is 11.1. The summed E-state index contributed by atoms with van der Waals surface area (Å²) in [4.78, 5) is 9.73. The molecule has 19 heavy (non-hydrogen) atoms. The summed E-state index contributed by atoms with van der Waals surface area (Å²) in [5.74, 6) is -1.24. The standard InChI is InChI=1S/C15H28Cl2O2/c1-3-5-6-7-8-9-10-11-13(16)15(17,12-4-2)14(18)19/h13H,3-12H2,1-2H3,(H,18,19)/p-1. The lowest BCUT2D eigenvalue weighted by molar-refractivity contribution is -0.309. The third-order valence-corrected chi connectivity index (χ3v) is 4.82. The predicted octanol–water partition coefficient (Wildman–Crippen LogP) is 4.26. The Kier molecular flexibility index (Phi) is 10.8. The van der Waals surface area contributed by atoms with Gasteiger partial charge in [-0.2, -0.15) is 0 Å². The highest BCUT2D eigenvalue weighted by atomic mass is 35.5. The first-order valence-corrected chi connectivity index (χ1v) is 8.34. The second-order valence-electron chi connectivity index (χ2n) is 5.28. The van der Waals surface area contributed by atoms with Crippen molar-refractivity contribution in [2.75, 3.05) is 0 Å². The van der Waals surface area contributed by atoms with Gasteiger partial charge >= 0.3 is 0 Å². The predicted molar refractivity (Wildman–Crippen MR) is 80.8 cm³/mol. The molecule has 0 aliphatic heterocycles. The molecule has 0 spiro atoms. The molecule has 2 nitrogen and oxygen atoms in total. The van der Waals surface area contributed by atoms with E-state index < -0.39 is 16.2 Å². The number of rotatable bonds is 12. The summed E-state index contributed by atoms with van der Waals surface area (Å²) >= 11 is 12.3.